The highest BCUT2D eigenvalue weighted by molar-refractivity contribution is 5.40. The number of aryl methyl sites for hydroxylation is 1. The van der Waals surface area contributed by atoms with E-state index in [0.717, 1.165) is 5.56 Å². The molecule has 0 fully saturated rings. The van der Waals surface area contributed by atoms with E-state index < -0.39 is 12.5 Å². The fraction of sp³-hybridized carbons (Fsp3) is 0.455. The summed E-state index contributed by atoms with van der Waals surface area (Å²) in [4.78, 5) is 0. The van der Waals surface area contributed by atoms with Crippen molar-refractivity contribution in [1.82, 2.24) is 0 Å². The number of hydrogen-bond donors (Lipinski definition) is 1. The molecule has 0 saturated heterocycles. The van der Waals surface area contributed by atoms with E-state index in [0.29, 0.717) is 11.3 Å². The first-order valence-corrected chi connectivity index (χ1v) is 4.70. The average molecular weight is 215 g/mol. The lowest BCUT2D eigenvalue weighted by Crippen LogP contribution is -2.30. The van der Waals surface area contributed by atoms with Crippen LogP contribution >= 0.6 is 0 Å². The second-order valence-electron chi connectivity index (χ2n) is 3.49. The smallest absolute Gasteiger partial charge is 0.264 e. The van der Waals surface area contributed by atoms with Crippen molar-refractivity contribution in [1.29, 1.82) is 0 Å². The van der Waals surface area contributed by atoms with Crippen LogP contribution in [-0.4, -0.2) is 19.6 Å². The highest BCUT2D eigenvalue weighted by Gasteiger charge is 2.29. The SMILES string of the molecule is COc1cccc(C)c1CC(F)(F)CN. The van der Waals surface area contributed by atoms with Gasteiger partial charge in [0.2, 0.25) is 0 Å². The molecule has 0 aliphatic rings. The topological polar surface area (TPSA) is 35.2 Å². The molecule has 2 nitrogen and oxygen atoms in total. The van der Waals surface area contributed by atoms with Crippen LogP contribution in [0.4, 0.5) is 8.78 Å². The quantitative estimate of drug-likeness (QED) is 0.835. The van der Waals surface area contributed by atoms with Gasteiger partial charge in [-0.15, -0.1) is 0 Å². The second kappa shape index (κ2) is 4.57. The van der Waals surface area contributed by atoms with E-state index in [-0.39, 0.29) is 6.42 Å². The largest absolute Gasteiger partial charge is 0.496 e. The Morgan fingerprint density at radius 1 is 1.40 bits per heavy atom. The van der Waals surface area contributed by atoms with Crippen molar-refractivity contribution in [2.45, 2.75) is 19.3 Å². The Morgan fingerprint density at radius 2 is 2.07 bits per heavy atom. The van der Waals surface area contributed by atoms with Gasteiger partial charge in [-0.2, -0.15) is 0 Å². The summed E-state index contributed by atoms with van der Waals surface area (Å²) in [5, 5.41) is 0. The minimum atomic E-state index is -2.88. The van der Waals surface area contributed by atoms with Gasteiger partial charge in [0, 0.05) is 12.0 Å². The first-order valence-electron chi connectivity index (χ1n) is 4.70. The third-order valence-corrected chi connectivity index (χ3v) is 2.32. The molecule has 0 saturated carbocycles. The van der Waals surface area contributed by atoms with Gasteiger partial charge in [-0.1, -0.05) is 12.1 Å². The minimum Gasteiger partial charge on any atom is -0.496 e. The predicted octanol–water partition coefficient (Wildman–Crippen LogP) is 2.14. The van der Waals surface area contributed by atoms with Crippen molar-refractivity contribution in [3.63, 3.8) is 0 Å². The molecule has 84 valence electrons. The molecule has 1 aromatic carbocycles. The summed E-state index contributed by atoms with van der Waals surface area (Å²) in [6.07, 6.45) is -0.376. The number of methoxy groups -OCH3 is 1. The fourth-order valence-corrected chi connectivity index (χ4v) is 1.42. The zero-order chi connectivity index (χ0) is 11.5. The zero-order valence-corrected chi connectivity index (χ0v) is 8.89. The van der Waals surface area contributed by atoms with E-state index in [2.05, 4.69) is 0 Å². The summed E-state index contributed by atoms with van der Waals surface area (Å²) in [6, 6.07) is 5.23. The van der Waals surface area contributed by atoms with Crippen molar-refractivity contribution in [2.75, 3.05) is 13.7 Å². The minimum absolute atomic E-state index is 0.376. The molecule has 0 amide bonds. The summed E-state index contributed by atoms with van der Waals surface area (Å²) < 4.78 is 31.4. The van der Waals surface area contributed by atoms with Gasteiger partial charge < -0.3 is 10.5 Å². The molecule has 4 heteroatoms. The van der Waals surface area contributed by atoms with Gasteiger partial charge in [-0.3, -0.25) is 0 Å². The lowest BCUT2D eigenvalue weighted by atomic mass is 10.0. The van der Waals surface area contributed by atoms with Crippen LogP contribution in [0.3, 0.4) is 0 Å². The molecular weight excluding hydrogens is 200 g/mol. The Balaban J connectivity index is 3.02. The third kappa shape index (κ3) is 2.89. The number of rotatable bonds is 4. The summed E-state index contributed by atoms with van der Waals surface area (Å²) in [5.41, 5.74) is 6.32. The Hall–Kier alpha value is -1.16. The van der Waals surface area contributed by atoms with Crippen molar-refractivity contribution >= 4 is 0 Å². The highest BCUT2D eigenvalue weighted by Crippen LogP contribution is 2.28. The van der Waals surface area contributed by atoms with Crippen LogP contribution < -0.4 is 10.5 Å². The number of alkyl halides is 2. The molecule has 0 aliphatic heterocycles. The summed E-state index contributed by atoms with van der Waals surface area (Å²) in [7, 11) is 1.47. The normalized spacial score (nSPS) is 11.5. The molecule has 0 bridgehead atoms. The van der Waals surface area contributed by atoms with Crippen LogP contribution in [0.2, 0.25) is 0 Å². The molecule has 0 unspecified atom stereocenters. The predicted molar refractivity (Wildman–Crippen MR) is 55.4 cm³/mol. The van der Waals surface area contributed by atoms with E-state index >= 15 is 0 Å². The van der Waals surface area contributed by atoms with Gasteiger partial charge in [0.15, 0.2) is 0 Å². The zero-order valence-electron chi connectivity index (χ0n) is 8.89. The van der Waals surface area contributed by atoms with Gasteiger partial charge in [0.25, 0.3) is 5.92 Å². The fourth-order valence-electron chi connectivity index (χ4n) is 1.42. The lowest BCUT2D eigenvalue weighted by molar-refractivity contribution is 0.0108. The Labute approximate surface area is 88.0 Å². The maximum atomic E-state index is 13.2. The van der Waals surface area contributed by atoms with E-state index in [9.17, 15) is 8.78 Å². The molecule has 0 heterocycles. The maximum Gasteiger partial charge on any atom is 0.264 e. The first-order chi connectivity index (χ1) is 7.00. The van der Waals surface area contributed by atoms with Crippen molar-refractivity contribution in [3.8, 4) is 5.75 Å². The maximum absolute atomic E-state index is 13.2. The molecule has 15 heavy (non-hydrogen) atoms. The Morgan fingerprint density at radius 3 is 2.60 bits per heavy atom. The van der Waals surface area contributed by atoms with E-state index in [1.165, 1.54) is 7.11 Å². The van der Waals surface area contributed by atoms with E-state index in [1.54, 1.807) is 25.1 Å². The molecule has 0 radical (unpaired) electrons. The van der Waals surface area contributed by atoms with Crippen LogP contribution in [0.15, 0.2) is 18.2 Å². The molecule has 1 aromatic rings. The number of halogens is 2. The standard InChI is InChI=1S/C11H15F2NO/c1-8-4-3-5-10(15-2)9(8)6-11(12,13)7-14/h3-5H,6-7,14H2,1-2H3. The van der Waals surface area contributed by atoms with Gasteiger partial charge in [0.1, 0.15) is 5.75 Å². The summed E-state index contributed by atoms with van der Waals surface area (Å²) in [6.45, 7) is 1.13. The van der Waals surface area contributed by atoms with Crippen LogP contribution in [0.1, 0.15) is 11.1 Å². The van der Waals surface area contributed by atoms with Crippen LogP contribution in [0.25, 0.3) is 0 Å². The van der Waals surface area contributed by atoms with Crippen molar-refractivity contribution in [2.24, 2.45) is 5.73 Å². The van der Waals surface area contributed by atoms with Crippen molar-refractivity contribution in [3.05, 3.63) is 29.3 Å². The van der Waals surface area contributed by atoms with Crippen LogP contribution in [-0.2, 0) is 6.42 Å². The van der Waals surface area contributed by atoms with Gasteiger partial charge in [-0.05, 0) is 18.6 Å². The molecule has 2 N–H and O–H groups in total. The first kappa shape index (κ1) is 11.9. The van der Waals surface area contributed by atoms with E-state index in [1.807, 2.05) is 0 Å². The number of hydrogen-bond acceptors (Lipinski definition) is 2. The number of nitrogens with two attached hydrogens (primary N) is 1. The van der Waals surface area contributed by atoms with Crippen molar-refractivity contribution < 1.29 is 13.5 Å². The molecular formula is C11H15F2NO. The second-order valence-corrected chi connectivity index (χ2v) is 3.49. The Bertz CT molecular complexity index is 339. The molecule has 1 rings (SSSR count). The summed E-state index contributed by atoms with van der Waals surface area (Å²) >= 11 is 0. The van der Waals surface area contributed by atoms with Gasteiger partial charge in [0.05, 0.1) is 13.7 Å². The Kier molecular flexibility index (Phi) is 3.63. The molecule has 0 atom stereocenters. The summed E-state index contributed by atoms with van der Waals surface area (Å²) in [5.74, 6) is -2.39. The number of ether oxygens (including phenoxy) is 1. The van der Waals surface area contributed by atoms with Crippen LogP contribution in [0.5, 0.6) is 5.75 Å². The number of benzene rings is 1. The van der Waals surface area contributed by atoms with Gasteiger partial charge >= 0.3 is 0 Å². The molecule has 0 spiro atoms. The van der Waals surface area contributed by atoms with Gasteiger partial charge in [-0.25, -0.2) is 8.78 Å². The lowest BCUT2D eigenvalue weighted by Gasteiger charge is -2.17. The molecule has 0 aliphatic carbocycles. The van der Waals surface area contributed by atoms with Crippen LogP contribution in [0, 0.1) is 6.92 Å². The molecule has 0 aromatic heterocycles. The average Bonchev–Trinajstić information content (AvgIpc) is 2.21. The highest BCUT2D eigenvalue weighted by atomic mass is 19.3. The third-order valence-electron chi connectivity index (χ3n) is 2.32. The van der Waals surface area contributed by atoms with E-state index in [4.69, 9.17) is 10.5 Å². The monoisotopic (exact) mass is 215 g/mol.